The van der Waals surface area contributed by atoms with Gasteiger partial charge in [-0.1, -0.05) is 77.2 Å². The number of hydrogen-bond acceptors (Lipinski definition) is 2. The predicted octanol–water partition coefficient (Wildman–Crippen LogP) is 9.25. The first-order valence-corrected chi connectivity index (χ1v) is 16.7. The zero-order chi connectivity index (χ0) is 29.1. The largest absolute Gasteiger partial charge is 0.355 e. The molecule has 1 aliphatic heterocycles. The van der Waals surface area contributed by atoms with E-state index >= 15 is 4.39 Å². The monoisotopic (exact) mass is 557 g/mol. The summed E-state index contributed by atoms with van der Waals surface area (Å²) in [6, 6.07) is 12.6. The number of aryl methyl sites for hydroxylation is 1. The molecule has 40 heavy (non-hydrogen) atoms. The van der Waals surface area contributed by atoms with Crippen LogP contribution < -0.4 is 5.32 Å². The summed E-state index contributed by atoms with van der Waals surface area (Å²) in [4.78, 5) is 0. The van der Waals surface area contributed by atoms with Crippen LogP contribution in [0.25, 0.3) is 5.57 Å². The summed E-state index contributed by atoms with van der Waals surface area (Å²) in [5.74, 6) is 0.967. The summed E-state index contributed by atoms with van der Waals surface area (Å²) >= 11 is 0. The molecule has 2 unspecified atom stereocenters. The quantitative estimate of drug-likeness (QED) is 0.238. The number of halogens is 1. The fourth-order valence-electron chi connectivity index (χ4n) is 6.19. The molecule has 4 rings (SSSR count). The third kappa shape index (κ3) is 6.07. The van der Waals surface area contributed by atoms with Gasteiger partial charge in [-0.2, -0.15) is 0 Å². The molecule has 0 fully saturated rings. The molecule has 4 heteroatoms. The maximum absolute atomic E-state index is 15.0. The van der Waals surface area contributed by atoms with Crippen molar-refractivity contribution in [2.24, 2.45) is 0 Å². The highest BCUT2D eigenvalue weighted by molar-refractivity contribution is 8.01. The third-order valence-electron chi connectivity index (χ3n) is 8.16. The highest BCUT2D eigenvalue weighted by atomic mass is 32.2. The summed E-state index contributed by atoms with van der Waals surface area (Å²) in [5, 5.41) is 3.73. The minimum absolute atomic E-state index is 0.477. The van der Waals surface area contributed by atoms with Gasteiger partial charge in [0.25, 0.3) is 0 Å². The minimum atomic E-state index is -2.65. The Morgan fingerprint density at radius 3 is 2.67 bits per heavy atom. The maximum Gasteiger partial charge on any atom is 0.122 e. The van der Waals surface area contributed by atoms with E-state index in [-0.39, 0.29) is 0 Å². The average molecular weight is 558 g/mol. The number of hydrogen-bond donors (Lipinski definition) is 2. The Balaban J connectivity index is 1.92. The first kappa shape index (κ1) is 29.7. The summed E-state index contributed by atoms with van der Waals surface area (Å²) in [6.07, 6.45) is 15.1. The summed E-state index contributed by atoms with van der Waals surface area (Å²) in [7, 11) is -2.65. The van der Waals surface area contributed by atoms with Gasteiger partial charge in [0.1, 0.15) is 6.17 Å². The van der Waals surface area contributed by atoms with Crippen molar-refractivity contribution in [1.82, 2.24) is 0 Å². The highest BCUT2D eigenvalue weighted by Crippen LogP contribution is 2.49. The zero-order valence-corrected chi connectivity index (χ0v) is 25.6. The van der Waals surface area contributed by atoms with E-state index in [9.17, 15) is 4.21 Å². The summed E-state index contributed by atoms with van der Waals surface area (Å²) in [6.45, 7) is 16.1. The molecule has 0 amide bonds. The van der Waals surface area contributed by atoms with E-state index in [1.165, 1.54) is 0 Å². The first-order chi connectivity index (χ1) is 19.0. The predicted molar refractivity (Wildman–Crippen MR) is 175 cm³/mol. The molecule has 0 aromatic heterocycles. The Kier molecular flexibility index (Phi) is 8.99. The van der Waals surface area contributed by atoms with Crippen LogP contribution >= 0.6 is 0 Å². The average Bonchev–Trinajstić information content (AvgIpc) is 2.99. The molecular formula is C36H44FNOS. The topological polar surface area (TPSA) is 29.1 Å². The van der Waals surface area contributed by atoms with Crippen LogP contribution in [-0.2, 0) is 21.1 Å². The molecule has 0 radical (unpaired) electrons. The van der Waals surface area contributed by atoms with Gasteiger partial charge in [-0.25, -0.2) is 4.39 Å². The smallest absolute Gasteiger partial charge is 0.122 e. The second-order valence-electron chi connectivity index (χ2n) is 11.6. The van der Waals surface area contributed by atoms with Crippen molar-refractivity contribution in [3.8, 4) is 0 Å². The lowest BCUT2D eigenvalue weighted by Crippen LogP contribution is -2.31. The number of allylic oxidation sites excluding steroid dienone is 9. The van der Waals surface area contributed by atoms with Crippen molar-refractivity contribution < 1.29 is 8.60 Å². The van der Waals surface area contributed by atoms with E-state index in [0.717, 1.165) is 56.8 Å². The van der Waals surface area contributed by atoms with Crippen LogP contribution in [0.1, 0.15) is 62.3 Å². The van der Waals surface area contributed by atoms with Crippen LogP contribution in [0.5, 0.6) is 0 Å². The molecule has 0 bridgehead atoms. The van der Waals surface area contributed by atoms with E-state index in [4.69, 9.17) is 0 Å². The Morgan fingerprint density at radius 1 is 1.23 bits per heavy atom. The van der Waals surface area contributed by atoms with E-state index in [0.29, 0.717) is 29.9 Å². The first-order valence-electron chi connectivity index (χ1n) is 14.2. The van der Waals surface area contributed by atoms with Gasteiger partial charge in [-0.15, -0.1) is 6.58 Å². The number of para-hydroxylation sites is 1. The third-order valence-corrected chi connectivity index (χ3v) is 10.1. The lowest BCUT2D eigenvalue weighted by atomic mass is 9.68. The van der Waals surface area contributed by atoms with E-state index in [2.05, 4.69) is 74.8 Å². The molecule has 0 saturated carbocycles. The lowest BCUT2D eigenvalue weighted by Gasteiger charge is -2.37. The van der Waals surface area contributed by atoms with Crippen LogP contribution in [-0.4, -0.2) is 22.4 Å². The Bertz CT molecular complexity index is 1490. The van der Waals surface area contributed by atoms with Gasteiger partial charge < -0.3 is 5.32 Å². The Hall–Kier alpha value is -3.24. The number of benzene rings is 2. The number of rotatable bonds is 9. The molecule has 2 aliphatic rings. The molecule has 0 saturated heterocycles. The van der Waals surface area contributed by atoms with Gasteiger partial charge in [-0.3, -0.25) is 4.21 Å². The summed E-state index contributed by atoms with van der Waals surface area (Å²) in [5.41, 5.74) is 9.75. The molecular weight excluding hydrogens is 513 g/mol. The SMILES string of the molecule is C=CC/C=C(/C1=C2C[SH](C)(=O)Cc3c(Nc4ccccc4C(=C)C/C=C\C)cc(C)cc3C2(C)C=CC1)C(C)F. The normalized spacial score (nSPS) is 21.8. The molecule has 1 heterocycles. The van der Waals surface area contributed by atoms with Crippen LogP contribution in [0.4, 0.5) is 15.8 Å². The van der Waals surface area contributed by atoms with Gasteiger partial charge >= 0.3 is 0 Å². The van der Waals surface area contributed by atoms with Gasteiger partial charge in [0.05, 0.1) is 0 Å². The molecule has 1 N–H and O–H groups in total. The van der Waals surface area contributed by atoms with E-state index < -0.39 is 21.5 Å². The second-order valence-corrected chi connectivity index (χ2v) is 14.8. The van der Waals surface area contributed by atoms with Crippen molar-refractivity contribution in [2.45, 2.75) is 64.3 Å². The number of fused-ring (bicyclic) bond motifs is 3. The van der Waals surface area contributed by atoms with Crippen LogP contribution in [0.2, 0.25) is 0 Å². The fraction of sp³-hybridized carbons (Fsp3) is 0.333. The van der Waals surface area contributed by atoms with Crippen molar-refractivity contribution in [3.63, 3.8) is 0 Å². The van der Waals surface area contributed by atoms with Gasteiger partial charge in [0, 0.05) is 33.9 Å². The fourth-order valence-corrected chi connectivity index (χ4v) is 8.50. The summed E-state index contributed by atoms with van der Waals surface area (Å²) < 4.78 is 29.4. The zero-order valence-electron chi connectivity index (χ0n) is 24.7. The van der Waals surface area contributed by atoms with E-state index in [1.54, 1.807) is 13.0 Å². The van der Waals surface area contributed by atoms with Crippen LogP contribution in [0.15, 0.2) is 103 Å². The van der Waals surface area contributed by atoms with Crippen molar-refractivity contribution in [2.75, 3.05) is 17.3 Å². The van der Waals surface area contributed by atoms with Gasteiger partial charge in [0.15, 0.2) is 0 Å². The molecule has 2 aromatic carbocycles. The van der Waals surface area contributed by atoms with Crippen LogP contribution in [0, 0.1) is 6.92 Å². The number of thiol groups is 1. The van der Waals surface area contributed by atoms with Crippen molar-refractivity contribution in [1.29, 1.82) is 0 Å². The van der Waals surface area contributed by atoms with E-state index in [1.807, 2.05) is 37.5 Å². The van der Waals surface area contributed by atoms with Crippen molar-refractivity contribution in [3.05, 3.63) is 125 Å². The standard InChI is InChI=1S/C36H44FNOS/c1-8-10-15-26(4)28-17-12-13-19-34(28)38-35-22-25(3)21-32-31(35)23-40(7,39)24-33-30(18-14-20-36(32,33)6)29(27(5)37)16-11-9-2/h8-10,12-14,16-17,19-22,27,38,40H,2,4,11,15,18,23-24H2,1,3,5-7H3/b10-8-,29-16+. The molecule has 0 spiro atoms. The molecule has 1 aliphatic carbocycles. The minimum Gasteiger partial charge on any atom is -0.355 e. The van der Waals surface area contributed by atoms with Gasteiger partial charge in [-0.05, 0) is 104 Å². The van der Waals surface area contributed by atoms with Crippen LogP contribution in [0.3, 0.4) is 0 Å². The number of alkyl halides is 1. The Labute approximate surface area is 241 Å². The Morgan fingerprint density at radius 2 is 1.98 bits per heavy atom. The lowest BCUT2D eigenvalue weighted by molar-refractivity contribution is 0.411. The molecule has 2 aromatic rings. The molecule has 2 nitrogen and oxygen atoms in total. The highest BCUT2D eigenvalue weighted by Gasteiger charge is 2.41. The maximum atomic E-state index is 15.0. The van der Waals surface area contributed by atoms with Crippen molar-refractivity contribution >= 4 is 26.9 Å². The number of nitrogens with one attached hydrogen (secondary N) is 1. The van der Waals surface area contributed by atoms with Gasteiger partial charge in [0.2, 0.25) is 0 Å². The molecule has 2 atom stereocenters. The second kappa shape index (κ2) is 12.1. The number of anilines is 2. The molecule has 212 valence electrons.